The van der Waals surface area contributed by atoms with Gasteiger partial charge in [0, 0.05) is 20.6 Å². The molecule has 0 aliphatic rings. The van der Waals surface area contributed by atoms with Crippen LogP contribution < -0.4 is 11.4 Å². The second kappa shape index (κ2) is 6.20. The van der Waals surface area contributed by atoms with E-state index in [9.17, 15) is 9.59 Å². The number of hydrogen-bond donors (Lipinski definition) is 0. The zero-order chi connectivity index (χ0) is 16.6. The third-order valence-corrected chi connectivity index (χ3v) is 3.60. The van der Waals surface area contributed by atoms with Crippen LogP contribution in [0, 0.1) is 0 Å². The minimum absolute atomic E-state index is 0.164. The molecule has 0 spiro atoms. The third kappa shape index (κ3) is 3.32. The predicted molar refractivity (Wildman–Crippen MR) is 88.8 cm³/mol. The molecular weight excluding hydrogens is 363 g/mol. The molecule has 1 heterocycles. The maximum atomic E-state index is 12.2. The van der Waals surface area contributed by atoms with Crippen molar-refractivity contribution < 1.29 is 4.42 Å². The fourth-order valence-electron chi connectivity index (χ4n) is 2.00. The quantitative estimate of drug-likeness (QED) is 0.689. The van der Waals surface area contributed by atoms with Crippen LogP contribution in [-0.2, 0) is 0 Å². The average Bonchev–Trinajstić information content (AvgIpc) is 2.45. The van der Waals surface area contributed by atoms with E-state index >= 15 is 0 Å². The molecule has 8 heteroatoms. The van der Waals surface area contributed by atoms with E-state index in [4.69, 9.17) is 39.2 Å². The number of rotatable bonds is 2. The van der Waals surface area contributed by atoms with Gasteiger partial charge in [0.1, 0.15) is 0 Å². The first-order chi connectivity index (χ1) is 10.9. The van der Waals surface area contributed by atoms with Crippen molar-refractivity contribution in [3.8, 4) is 17.1 Å². The van der Waals surface area contributed by atoms with Gasteiger partial charge in [0.2, 0.25) is 5.89 Å². The molecule has 0 radical (unpaired) electrons. The van der Waals surface area contributed by atoms with E-state index in [1.807, 2.05) is 0 Å². The van der Waals surface area contributed by atoms with Gasteiger partial charge >= 0.3 is 11.4 Å². The van der Waals surface area contributed by atoms with Crippen LogP contribution >= 0.6 is 34.8 Å². The Hall–Kier alpha value is -2.08. The minimum Gasteiger partial charge on any atom is -0.390 e. The Morgan fingerprint density at radius 3 is 2.22 bits per heavy atom. The highest BCUT2D eigenvalue weighted by Gasteiger charge is 2.13. The van der Waals surface area contributed by atoms with Crippen molar-refractivity contribution in [3.05, 3.63) is 78.6 Å². The molecule has 0 aliphatic heterocycles. The molecule has 3 aromatic rings. The van der Waals surface area contributed by atoms with Gasteiger partial charge in [0.05, 0.1) is 5.69 Å². The smallest absolute Gasteiger partial charge is 0.390 e. The molecule has 0 amide bonds. The zero-order valence-electron chi connectivity index (χ0n) is 11.3. The van der Waals surface area contributed by atoms with Crippen LogP contribution in [0.2, 0.25) is 15.1 Å². The Balaban J connectivity index is 2.18. The predicted octanol–water partition coefficient (Wildman–Crippen LogP) is 3.81. The number of nitrogens with zero attached hydrogens (tertiary/aromatic N) is 2. The molecule has 0 saturated carbocycles. The van der Waals surface area contributed by atoms with Gasteiger partial charge in [0.25, 0.3) is 0 Å². The zero-order valence-corrected chi connectivity index (χ0v) is 13.6. The van der Waals surface area contributed by atoms with Crippen LogP contribution in [0.3, 0.4) is 0 Å². The van der Waals surface area contributed by atoms with Gasteiger partial charge in [-0.05, 0) is 36.4 Å². The maximum Gasteiger partial charge on any atom is 0.429 e. The van der Waals surface area contributed by atoms with Crippen LogP contribution in [0.15, 0.2) is 56.5 Å². The van der Waals surface area contributed by atoms with Gasteiger partial charge in [-0.15, -0.1) is 0 Å². The topological polar surface area (TPSA) is 65.1 Å². The molecule has 3 rings (SSSR count). The molecule has 5 nitrogen and oxygen atoms in total. The molecule has 2 aromatic carbocycles. The van der Waals surface area contributed by atoms with Gasteiger partial charge in [-0.1, -0.05) is 40.9 Å². The van der Waals surface area contributed by atoms with E-state index in [-0.39, 0.29) is 11.6 Å². The lowest BCUT2D eigenvalue weighted by Crippen LogP contribution is -2.33. The fraction of sp³-hybridized carbons (Fsp3) is 0. The summed E-state index contributed by atoms with van der Waals surface area (Å²) in [6, 6.07) is 10.7. The molecule has 1 aromatic heterocycles. The first-order valence-electron chi connectivity index (χ1n) is 6.30. The molecule has 116 valence electrons. The summed E-state index contributed by atoms with van der Waals surface area (Å²) in [5.74, 6) is -1.05. The standard InChI is InChI=1S/C15H7Cl3N2O3/c16-9-2-1-3-12(7-9)20-14(21)19-13(23-15(20)22)8-4-10(17)6-11(18)5-8/h1-7H. The van der Waals surface area contributed by atoms with Crippen molar-refractivity contribution in [1.29, 1.82) is 0 Å². The summed E-state index contributed by atoms with van der Waals surface area (Å²) in [5, 5.41) is 1.03. The van der Waals surface area contributed by atoms with Crippen molar-refractivity contribution in [1.82, 2.24) is 9.55 Å². The lowest BCUT2D eigenvalue weighted by atomic mass is 10.2. The molecule has 0 fully saturated rings. The molecule has 0 bridgehead atoms. The molecular formula is C15H7Cl3N2O3. The van der Waals surface area contributed by atoms with Crippen LogP contribution in [0.4, 0.5) is 0 Å². The largest absolute Gasteiger partial charge is 0.429 e. The number of hydrogen-bond acceptors (Lipinski definition) is 4. The van der Waals surface area contributed by atoms with E-state index in [0.717, 1.165) is 4.57 Å². The SMILES string of the molecule is O=c1nc(-c2cc(Cl)cc(Cl)c2)oc(=O)n1-c1cccc(Cl)c1. The Labute approximate surface area is 144 Å². The Morgan fingerprint density at radius 2 is 1.61 bits per heavy atom. The summed E-state index contributed by atoms with van der Waals surface area (Å²) in [6.45, 7) is 0. The Kier molecular flexibility index (Phi) is 4.26. The molecule has 0 aliphatic carbocycles. The fourth-order valence-corrected chi connectivity index (χ4v) is 2.71. The van der Waals surface area contributed by atoms with Gasteiger partial charge in [-0.25, -0.2) is 9.59 Å². The van der Waals surface area contributed by atoms with Gasteiger partial charge in [-0.3, -0.25) is 0 Å². The number of benzene rings is 2. The first-order valence-corrected chi connectivity index (χ1v) is 7.44. The van der Waals surface area contributed by atoms with Crippen molar-refractivity contribution in [2.75, 3.05) is 0 Å². The Morgan fingerprint density at radius 1 is 0.913 bits per heavy atom. The number of halogens is 3. The summed E-state index contributed by atoms with van der Waals surface area (Å²) in [5.41, 5.74) is -0.205. The third-order valence-electron chi connectivity index (χ3n) is 2.93. The van der Waals surface area contributed by atoms with Gasteiger partial charge in [0.15, 0.2) is 0 Å². The number of aromatic nitrogens is 2. The van der Waals surface area contributed by atoms with E-state index in [2.05, 4.69) is 4.98 Å². The summed E-state index contributed by atoms with van der Waals surface area (Å²) in [7, 11) is 0. The summed E-state index contributed by atoms with van der Waals surface area (Å²) in [4.78, 5) is 28.1. The van der Waals surface area contributed by atoms with Gasteiger partial charge in [-0.2, -0.15) is 9.55 Å². The summed E-state index contributed by atoms with van der Waals surface area (Å²) >= 11 is 17.7. The Bertz CT molecular complexity index is 960. The van der Waals surface area contributed by atoms with Gasteiger partial charge < -0.3 is 4.42 Å². The molecule has 23 heavy (non-hydrogen) atoms. The highest BCUT2D eigenvalue weighted by Crippen LogP contribution is 2.25. The van der Waals surface area contributed by atoms with Crippen molar-refractivity contribution in [2.45, 2.75) is 0 Å². The highest BCUT2D eigenvalue weighted by atomic mass is 35.5. The molecule has 0 unspecified atom stereocenters. The second-order valence-corrected chi connectivity index (χ2v) is 5.85. The lowest BCUT2D eigenvalue weighted by molar-refractivity contribution is 0.448. The van der Waals surface area contributed by atoms with Crippen LogP contribution in [0.5, 0.6) is 0 Å². The average molecular weight is 370 g/mol. The minimum atomic E-state index is -0.890. The highest BCUT2D eigenvalue weighted by molar-refractivity contribution is 6.35. The maximum absolute atomic E-state index is 12.2. The molecule has 0 saturated heterocycles. The summed E-state index contributed by atoms with van der Waals surface area (Å²) in [6.07, 6.45) is 0. The van der Waals surface area contributed by atoms with Crippen LogP contribution in [-0.4, -0.2) is 9.55 Å². The van der Waals surface area contributed by atoms with Crippen molar-refractivity contribution in [2.24, 2.45) is 0 Å². The summed E-state index contributed by atoms with van der Waals surface area (Å²) < 4.78 is 5.89. The normalized spacial score (nSPS) is 10.7. The molecule has 0 N–H and O–H groups in total. The van der Waals surface area contributed by atoms with Crippen LogP contribution in [0.1, 0.15) is 0 Å². The lowest BCUT2D eigenvalue weighted by Gasteiger charge is -2.05. The van der Waals surface area contributed by atoms with E-state index in [1.54, 1.807) is 18.2 Å². The monoisotopic (exact) mass is 368 g/mol. The second-order valence-electron chi connectivity index (χ2n) is 4.54. The van der Waals surface area contributed by atoms with E-state index in [1.165, 1.54) is 24.3 Å². The van der Waals surface area contributed by atoms with Crippen LogP contribution in [0.25, 0.3) is 17.1 Å². The molecule has 0 atom stereocenters. The first kappa shape index (κ1) is 15.8. The van der Waals surface area contributed by atoms with E-state index < -0.39 is 11.4 Å². The van der Waals surface area contributed by atoms with Crippen molar-refractivity contribution in [3.63, 3.8) is 0 Å². The van der Waals surface area contributed by atoms with Crippen molar-refractivity contribution >= 4 is 34.8 Å². The van der Waals surface area contributed by atoms with E-state index in [0.29, 0.717) is 20.6 Å².